The number of Topliss-reactive ketones (excluding diaryl/α,β-unsaturated/α-hetero) is 1. The minimum absolute atomic E-state index is 0. The highest BCUT2D eigenvalue weighted by Gasteiger charge is 2.20. The lowest BCUT2D eigenvalue weighted by Crippen LogP contribution is -2.33. The summed E-state index contributed by atoms with van der Waals surface area (Å²) in [4.78, 5) is 41.8. The van der Waals surface area contributed by atoms with E-state index in [0.29, 0.717) is 36.4 Å². The van der Waals surface area contributed by atoms with Gasteiger partial charge in [0.15, 0.2) is 5.78 Å². The van der Waals surface area contributed by atoms with Crippen LogP contribution in [0, 0.1) is 0 Å². The maximum atomic E-state index is 13.6. The molecule has 1 saturated heterocycles. The predicted octanol–water partition coefficient (Wildman–Crippen LogP) is 6.78. The summed E-state index contributed by atoms with van der Waals surface area (Å²) in [5.74, 6) is 0.528. The van der Waals surface area contributed by atoms with Crippen LogP contribution in [0.3, 0.4) is 0 Å². The summed E-state index contributed by atoms with van der Waals surface area (Å²) in [6.07, 6.45) is 4.04. The zero-order valence-electron chi connectivity index (χ0n) is 25.3. The Bertz CT molecular complexity index is 1580. The first-order valence-electron chi connectivity index (χ1n) is 15.2. The summed E-state index contributed by atoms with van der Waals surface area (Å²) < 4.78 is 6.90. The number of ketones is 1. The number of fused-ring (bicyclic) bond motifs is 1. The van der Waals surface area contributed by atoms with Gasteiger partial charge in [-0.1, -0.05) is 24.6 Å². The molecule has 1 aliphatic heterocycles. The van der Waals surface area contributed by atoms with Crippen LogP contribution in [0.15, 0.2) is 66.7 Å². The Morgan fingerprint density at radius 1 is 0.795 bits per heavy atom. The van der Waals surface area contributed by atoms with Crippen molar-refractivity contribution in [1.82, 2.24) is 15.5 Å². The zero-order valence-corrected chi connectivity index (χ0v) is 27.0. The highest BCUT2D eigenvalue weighted by molar-refractivity contribution is 7.22. The average molecular weight is 634 g/mol. The third-order valence-electron chi connectivity index (χ3n) is 7.78. The number of likely N-dealkylation sites (tertiary alicyclic amines) is 1. The van der Waals surface area contributed by atoms with E-state index in [1.54, 1.807) is 23.5 Å². The summed E-state index contributed by atoms with van der Waals surface area (Å²) in [5.41, 5.74) is 3.64. The number of halogens is 1. The van der Waals surface area contributed by atoms with Crippen molar-refractivity contribution in [3.05, 3.63) is 89.0 Å². The number of amides is 2. The van der Waals surface area contributed by atoms with Gasteiger partial charge in [-0.15, -0.1) is 23.7 Å². The first-order valence-corrected chi connectivity index (χ1v) is 16.0. The van der Waals surface area contributed by atoms with Crippen LogP contribution in [0.4, 0.5) is 0 Å². The molecule has 5 rings (SSSR count). The van der Waals surface area contributed by atoms with E-state index < -0.39 is 0 Å². The molecule has 0 aliphatic carbocycles. The maximum Gasteiger partial charge on any atom is 0.251 e. The van der Waals surface area contributed by atoms with Gasteiger partial charge in [0.25, 0.3) is 11.8 Å². The molecule has 0 spiro atoms. The summed E-state index contributed by atoms with van der Waals surface area (Å²) in [6, 6.07) is 20.5. The number of hydrogen-bond donors (Lipinski definition) is 2. The van der Waals surface area contributed by atoms with Crippen LogP contribution in [-0.4, -0.2) is 61.8 Å². The molecule has 44 heavy (non-hydrogen) atoms. The van der Waals surface area contributed by atoms with Gasteiger partial charge in [-0.3, -0.25) is 19.3 Å². The van der Waals surface area contributed by atoms with Crippen LogP contribution < -0.4 is 15.4 Å². The van der Waals surface area contributed by atoms with Crippen LogP contribution in [0.5, 0.6) is 5.75 Å². The SMILES string of the molecule is CCNC(=O)c1ccc(-c2sc3cc(C(=O)NCC)ccc3c2CC(=O)c2ccc(OCCN3CCCCC3)cc2)cc1.Cl. The van der Waals surface area contributed by atoms with Crippen LogP contribution in [0.1, 0.15) is 69.7 Å². The normalized spacial score (nSPS) is 13.2. The Labute approximate surface area is 269 Å². The Morgan fingerprint density at radius 3 is 2.07 bits per heavy atom. The van der Waals surface area contributed by atoms with E-state index in [1.807, 2.05) is 68.4 Å². The fraction of sp³-hybridized carbons (Fsp3) is 0.343. The highest BCUT2D eigenvalue weighted by atomic mass is 35.5. The number of rotatable bonds is 12. The van der Waals surface area contributed by atoms with Crippen molar-refractivity contribution in [2.75, 3.05) is 39.3 Å². The third kappa shape index (κ3) is 8.05. The lowest BCUT2D eigenvalue weighted by Gasteiger charge is -2.26. The van der Waals surface area contributed by atoms with E-state index in [1.165, 1.54) is 19.3 Å². The number of ether oxygens (including phenoxy) is 1. The van der Waals surface area contributed by atoms with Crippen molar-refractivity contribution in [2.24, 2.45) is 0 Å². The van der Waals surface area contributed by atoms with Gasteiger partial charge in [-0.25, -0.2) is 0 Å². The molecule has 3 aromatic carbocycles. The van der Waals surface area contributed by atoms with Gasteiger partial charge in [-0.05, 0) is 105 Å². The lowest BCUT2D eigenvalue weighted by atomic mass is 9.97. The van der Waals surface area contributed by atoms with Crippen molar-refractivity contribution < 1.29 is 19.1 Å². The standard InChI is InChI=1S/C35H39N3O4S.ClH/c1-3-36-34(40)26-10-8-25(9-11-26)33-30(29-17-14-27(22-32(29)43-33)35(41)37-4-2)23-31(39)24-12-15-28(16-13-24)42-21-20-38-18-6-5-7-19-38;/h8-17,22H,3-7,18-21,23H2,1-2H3,(H,36,40)(H,37,41);1H. The molecule has 0 saturated carbocycles. The summed E-state index contributed by atoms with van der Waals surface area (Å²) in [5, 5.41) is 6.63. The molecular formula is C35H40ClN3O4S. The van der Waals surface area contributed by atoms with Crippen molar-refractivity contribution in [3.8, 4) is 16.2 Å². The fourth-order valence-electron chi connectivity index (χ4n) is 5.47. The minimum Gasteiger partial charge on any atom is -0.492 e. The van der Waals surface area contributed by atoms with Crippen LogP contribution in [-0.2, 0) is 6.42 Å². The Kier molecular flexibility index (Phi) is 11.9. The van der Waals surface area contributed by atoms with E-state index in [4.69, 9.17) is 4.74 Å². The van der Waals surface area contributed by atoms with E-state index in [9.17, 15) is 14.4 Å². The van der Waals surface area contributed by atoms with E-state index in [-0.39, 0.29) is 36.4 Å². The molecule has 1 aliphatic rings. The number of thiophene rings is 1. The summed E-state index contributed by atoms with van der Waals surface area (Å²) in [7, 11) is 0. The molecule has 7 nitrogen and oxygen atoms in total. The molecule has 0 unspecified atom stereocenters. The van der Waals surface area contributed by atoms with Crippen LogP contribution >= 0.6 is 23.7 Å². The second kappa shape index (κ2) is 15.8. The smallest absolute Gasteiger partial charge is 0.251 e. The van der Waals surface area contributed by atoms with Gasteiger partial charge in [0.05, 0.1) is 0 Å². The van der Waals surface area contributed by atoms with Gasteiger partial charge in [0.1, 0.15) is 12.4 Å². The van der Waals surface area contributed by atoms with Crippen molar-refractivity contribution in [1.29, 1.82) is 0 Å². The highest BCUT2D eigenvalue weighted by Crippen LogP contribution is 2.40. The second-order valence-corrected chi connectivity index (χ2v) is 11.8. The number of piperidine rings is 1. The van der Waals surface area contributed by atoms with E-state index in [0.717, 1.165) is 51.5 Å². The number of carbonyl (C=O) groups is 3. The first kappa shape index (κ1) is 33.2. The van der Waals surface area contributed by atoms with Gasteiger partial charge < -0.3 is 15.4 Å². The van der Waals surface area contributed by atoms with Gasteiger partial charge in [0, 0.05) is 52.3 Å². The summed E-state index contributed by atoms with van der Waals surface area (Å²) >= 11 is 1.55. The van der Waals surface area contributed by atoms with Crippen LogP contribution in [0.25, 0.3) is 20.5 Å². The maximum absolute atomic E-state index is 13.6. The Hall–Kier alpha value is -3.72. The predicted molar refractivity (Wildman–Crippen MR) is 181 cm³/mol. The van der Waals surface area contributed by atoms with Crippen molar-refractivity contribution >= 4 is 51.4 Å². The first-order chi connectivity index (χ1) is 21.0. The second-order valence-electron chi connectivity index (χ2n) is 10.8. The molecule has 2 N–H and O–H groups in total. The number of benzene rings is 3. The van der Waals surface area contributed by atoms with Crippen molar-refractivity contribution in [3.63, 3.8) is 0 Å². The molecule has 0 atom stereocenters. The molecule has 0 bridgehead atoms. The topological polar surface area (TPSA) is 87.7 Å². The Balaban J connectivity index is 0.00000442. The number of nitrogens with one attached hydrogen (secondary N) is 2. The van der Waals surface area contributed by atoms with Crippen molar-refractivity contribution in [2.45, 2.75) is 39.5 Å². The average Bonchev–Trinajstić information content (AvgIpc) is 3.39. The van der Waals surface area contributed by atoms with Gasteiger partial charge in [0.2, 0.25) is 0 Å². The molecule has 1 fully saturated rings. The quantitative estimate of drug-likeness (QED) is 0.168. The van der Waals surface area contributed by atoms with Crippen LogP contribution in [0.2, 0.25) is 0 Å². The van der Waals surface area contributed by atoms with Gasteiger partial charge in [-0.2, -0.15) is 0 Å². The van der Waals surface area contributed by atoms with E-state index >= 15 is 0 Å². The monoisotopic (exact) mass is 633 g/mol. The molecule has 2 amide bonds. The van der Waals surface area contributed by atoms with E-state index in [2.05, 4.69) is 15.5 Å². The number of carbonyl (C=O) groups excluding carboxylic acids is 3. The Morgan fingerprint density at radius 2 is 1.41 bits per heavy atom. The zero-order chi connectivity index (χ0) is 30.2. The largest absolute Gasteiger partial charge is 0.492 e. The fourth-order valence-corrected chi connectivity index (χ4v) is 6.74. The molecule has 232 valence electrons. The summed E-state index contributed by atoms with van der Waals surface area (Å²) in [6.45, 7) is 8.72. The lowest BCUT2D eigenvalue weighted by molar-refractivity contribution is 0.0947. The number of nitrogens with zero attached hydrogens (tertiary/aromatic N) is 1. The third-order valence-corrected chi connectivity index (χ3v) is 9.02. The molecule has 2 heterocycles. The molecule has 1 aromatic heterocycles. The van der Waals surface area contributed by atoms with Gasteiger partial charge >= 0.3 is 0 Å². The molecular weight excluding hydrogens is 594 g/mol. The molecule has 9 heteroatoms. The molecule has 4 aromatic rings. The molecule has 0 radical (unpaired) electrons. The minimum atomic E-state index is -0.124. The number of hydrogen-bond acceptors (Lipinski definition) is 6.